The number of nitrogens with one attached hydrogen (secondary N) is 2. The molecule has 154 valence electrons. The van der Waals surface area contributed by atoms with Gasteiger partial charge in [-0.2, -0.15) is 0 Å². The van der Waals surface area contributed by atoms with Gasteiger partial charge in [-0.3, -0.25) is 4.79 Å². The minimum atomic E-state index is -0.461. The van der Waals surface area contributed by atoms with Gasteiger partial charge in [0.1, 0.15) is 5.82 Å². The second kappa shape index (κ2) is 9.13. The lowest BCUT2D eigenvalue weighted by Crippen LogP contribution is -2.36. The number of amides is 1. The Morgan fingerprint density at radius 2 is 1.83 bits per heavy atom. The van der Waals surface area contributed by atoms with Gasteiger partial charge in [0.15, 0.2) is 0 Å². The number of rotatable bonds is 6. The first-order chi connectivity index (χ1) is 14.2. The molecule has 4 rings (SSSR count). The summed E-state index contributed by atoms with van der Waals surface area (Å²) in [6.07, 6.45) is 7.51. The Balaban J connectivity index is 1.47. The zero-order valence-corrected chi connectivity index (χ0v) is 16.7. The highest BCUT2D eigenvalue weighted by Crippen LogP contribution is 2.27. The van der Waals surface area contributed by atoms with E-state index < -0.39 is 5.91 Å². The van der Waals surface area contributed by atoms with Crippen molar-refractivity contribution in [2.45, 2.75) is 38.1 Å². The monoisotopic (exact) mass is 395 g/mol. The van der Waals surface area contributed by atoms with E-state index in [-0.39, 0.29) is 0 Å². The molecule has 0 atom stereocenters. The predicted octanol–water partition coefficient (Wildman–Crippen LogP) is 3.51. The van der Waals surface area contributed by atoms with E-state index in [4.69, 9.17) is 10.5 Å². The van der Waals surface area contributed by atoms with Gasteiger partial charge in [-0.25, -0.2) is 4.98 Å². The summed E-state index contributed by atoms with van der Waals surface area (Å²) >= 11 is 0. The molecule has 0 bridgehead atoms. The molecule has 4 N–H and O–H groups in total. The molecule has 1 aromatic carbocycles. The molecule has 2 fully saturated rings. The third-order valence-corrected chi connectivity index (χ3v) is 5.65. The number of hydrogen-bond acceptors (Lipinski definition) is 6. The number of nitrogens with zero attached hydrogens (tertiary/aromatic N) is 2. The number of ether oxygens (including phenoxy) is 1. The second-order valence-electron chi connectivity index (χ2n) is 7.73. The van der Waals surface area contributed by atoms with Crippen LogP contribution in [-0.4, -0.2) is 43.2 Å². The average Bonchev–Trinajstić information content (AvgIpc) is 2.76. The molecule has 2 heterocycles. The first-order valence-electron chi connectivity index (χ1n) is 10.5. The van der Waals surface area contributed by atoms with E-state index in [0.29, 0.717) is 17.4 Å². The van der Waals surface area contributed by atoms with Crippen molar-refractivity contribution in [2.75, 3.05) is 41.8 Å². The van der Waals surface area contributed by atoms with Gasteiger partial charge in [-0.15, -0.1) is 0 Å². The lowest BCUT2D eigenvalue weighted by atomic mass is 9.95. The third kappa shape index (κ3) is 4.98. The molecule has 0 radical (unpaired) electrons. The number of pyridine rings is 1. The van der Waals surface area contributed by atoms with Crippen LogP contribution in [0.1, 0.15) is 42.5 Å². The van der Waals surface area contributed by atoms with Crippen molar-refractivity contribution >= 4 is 28.8 Å². The average molecular weight is 396 g/mol. The van der Waals surface area contributed by atoms with Gasteiger partial charge in [0.25, 0.3) is 5.91 Å². The van der Waals surface area contributed by atoms with E-state index in [1.165, 1.54) is 24.9 Å². The smallest absolute Gasteiger partial charge is 0.252 e. The highest BCUT2D eigenvalue weighted by atomic mass is 16.5. The molecule has 1 aliphatic carbocycles. The quantitative estimate of drug-likeness (QED) is 0.693. The van der Waals surface area contributed by atoms with Crippen LogP contribution < -0.4 is 21.3 Å². The van der Waals surface area contributed by atoms with Crippen LogP contribution >= 0.6 is 0 Å². The Morgan fingerprint density at radius 1 is 1.10 bits per heavy atom. The predicted molar refractivity (Wildman–Crippen MR) is 116 cm³/mol. The Morgan fingerprint density at radius 3 is 2.52 bits per heavy atom. The van der Waals surface area contributed by atoms with Crippen LogP contribution in [0.2, 0.25) is 0 Å². The zero-order chi connectivity index (χ0) is 20.1. The van der Waals surface area contributed by atoms with Gasteiger partial charge >= 0.3 is 0 Å². The van der Waals surface area contributed by atoms with E-state index >= 15 is 0 Å². The summed E-state index contributed by atoms with van der Waals surface area (Å²) in [5.41, 5.74) is 8.89. The van der Waals surface area contributed by atoms with Gasteiger partial charge in [-0.1, -0.05) is 19.3 Å². The zero-order valence-electron chi connectivity index (χ0n) is 16.7. The van der Waals surface area contributed by atoms with Gasteiger partial charge in [0.2, 0.25) is 0 Å². The molecule has 2 aliphatic rings. The number of carbonyl (C=O) groups is 1. The Kier molecular flexibility index (Phi) is 6.14. The Labute approximate surface area is 171 Å². The largest absolute Gasteiger partial charge is 0.382 e. The number of primary amides is 1. The molecule has 0 unspecified atom stereocenters. The molecule has 7 heteroatoms. The lowest BCUT2D eigenvalue weighted by molar-refractivity contribution is 0.100. The van der Waals surface area contributed by atoms with Crippen LogP contribution in [0.25, 0.3) is 0 Å². The SMILES string of the molecule is NC(=O)c1cnc(Nc2ccc(N3CCOCC3)cc2)cc1NC1CCCCC1. The number of hydrogen-bond donors (Lipinski definition) is 3. The maximum atomic E-state index is 11.8. The standard InChI is InChI=1S/C22H29N5O2/c23-22(28)19-15-24-21(14-20(19)25-16-4-2-1-3-5-16)26-17-6-8-18(9-7-17)27-10-12-29-13-11-27/h6-9,14-16H,1-5,10-13H2,(H2,23,28)(H2,24,25,26). The molecule has 1 saturated heterocycles. The topological polar surface area (TPSA) is 92.5 Å². The number of aromatic nitrogens is 1. The molecular formula is C22H29N5O2. The lowest BCUT2D eigenvalue weighted by Gasteiger charge is -2.29. The van der Waals surface area contributed by atoms with Crippen molar-refractivity contribution in [3.05, 3.63) is 42.1 Å². The fourth-order valence-electron chi connectivity index (χ4n) is 4.03. The van der Waals surface area contributed by atoms with Gasteiger partial charge in [-0.05, 0) is 37.1 Å². The Bertz CT molecular complexity index is 828. The highest BCUT2D eigenvalue weighted by molar-refractivity contribution is 5.98. The van der Waals surface area contributed by atoms with E-state index in [9.17, 15) is 4.79 Å². The summed E-state index contributed by atoms with van der Waals surface area (Å²) in [5.74, 6) is 0.227. The second-order valence-corrected chi connectivity index (χ2v) is 7.73. The maximum Gasteiger partial charge on any atom is 0.252 e. The first-order valence-corrected chi connectivity index (χ1v) is 10.5. The molecule has 1 amide bonds. The molecule has 1 aliphatic heterocycles. The summed E-state index contributed by atoms with van der Waals surface area (Å²) in [4.78, 5) is 18.5. The van der Waals surface area contributed by atoms with E-state index in [1.54, 1.807) is 6.20 Å². The molecule has 29 heavy (non-hydrogen) atoms. The normalized spacial score (nSPS) is 17.7. The molecule has 0 spiro atoms. The summed E-state index contributed by atoms with van der Waals surface area (Å²) in [7, 11) is 0. The Hall–Kier alpha value is -2.80. The number of benzene rings is 1. The number of nitrogens with two attached hydrogens (primary N) is 1. The summed E-state index contributed by atoms with van der Waals surface area (Å²) in [6.45, 7) is 3.37. The van der Waals surface area contributed by atoms with Gasteiger partial charge < -0.3 is 26.0 Å². The fourth-order valence-corrected chi connectivity index (χ4v) is 4.03. The summed E-state index contributed by atoms with van der Waals surface area (Å²) < 4.78 is 5.41. The van der Waals surface area contributed by atoms with Crippen LogP contribution in [0.15, 0.2) is 36.5 Å². The number of morpholine rings is 1. The number of anilines is 4. The third-order valence-electron chi connectivity index (χ3n) is 5.65. The van der Waals surface area contributed by atoms with Crippen molar-refractivity contribution in [1.82, 2.24) is 4.98 Å². The van der Waals surface area contributed by atoms with Crippen molar-refractivity contribution in [2.24, 2.45) is 5.73 Å². The molecular weight excluding hydrogens is 366 g/mol. The van der Waals surface area contributed by atoms with Crippen LogP contribution in [-0.2, 0) is 4.74 Å². The maximum absolute atomic E-state index is 11.8. The van der Waals surface area contributed by atoms with Crippen molar-refractivity contribution in [3.8, 4) is 0 Å². The van der Waals surface area contributed by atoms with Crippen molar-refractivity contribution in [1.29, 1.82) is 0 Å². The minimum absolute atomic E-state index is 0.380. The van der Waals surface area contributed by atoms with Crippen LogP contribution in [0, 0.1) is 0 Å². The fraction of sp³-hybridized carbons (Fsp3) is 0.455. The molecule has 2 aromatic rings. The highest BCUT2D eigenvalue weighted by Gasteiger charge is 2.17. The minimum Gasteiger partial charge on any atom is -0.382 e. The molecule has 7 nitrogen and oxygen atoms in total. The van der Waals surface area contributed by atoms with Gasteiger partial charge in [0, 0.05) is 42.8 Å². The van der Waals surface area contributed by atoms with E-state index in [2.05, 4.69) is 32.7 Å². The van der Waals surface area contributed by atoms with Crippen LogP contribution in [0.3, 0.4) is 0 Å². The number of carbonyl (C=O) groups excluding carboxylic acids is 1. The van der Waals surface area contributed by atoms with Crippen LogP contribution in [0.5, 0.6) is 0 Å². The van der Waals surface area contributed by atoms with E-state index in [1.807, 2.05) is 18.2 Å². The van der Waals surface area contributed by atoms with E-state index in [0.717, 1.165) is 50.5 Å². The van der Waals surface area contributed by atoms with Crippen LogP contribution in [0.4, 0.5) is 22.9 Å². The van der Waals surface area contributed by atoms with Gasteiger partial charge in [0.05, 0.1) is 24.5 Å². The van der Waals surface area contributed by atoms with Crippen molar-refractivity contribution < 1.29 is 9.53 Å². The molecule has 1 saturated carbocycles. The first kappa shape index (κ1) is 19.5. The summed E-state index contributed by atoms with van der Waals surface area (Å²) in [6, 6.07) is 10.6. The summed E-state index contributed by atoms with van der Waals surface area (Å²) in [5, 5.41) is 6.84. The molecule has 1 aromatic heterocycles. The van der Waals surface area contributed by atoms with Crippen molar-refractivity contribution in [3.63, 3.8) is 0 Å².